The van der Waals surface area contributed by atoms with E-state index in [2.05, 4.69) is 14.9 Å². The summed E-state index contributed by atoms with van der Waals surface area (Å²) < 4.78 is 43.8. The second-order valence-electron chi connectivity index (χ2n) is 6.51. The summed E-state index contributed by atoms with van der Waals surface area (Å²) in [5.74, 6) is 0.754. The van der Waals surface area contributed by atoms with Gasteiger partial charge in [0.1, 0.15) is 11.4 Å². The highest BCUT2D eigenvalue weighted by molar-refractivity contribution is 5.39. The van der Waals surface area contributed by atoms with Gasteiger partial charge < -0.3 is 14.5 Å². The van der Waals surface area contributed by atoms with Crippen LogP contribution in [-0.2, 0) is 10.9 Å². The van der Waals surface area contributed by atoms with Gasteiger partial charge in [0.05, 0.1) is 18.9 Å². The number of nitrogens with zero attached hydrogens (tertiary/aromatic N) is 4. The summed E-state index contributed by atoms with van der Waals surface area (Å²) in [5, 5.41) is 0. The SMILES string of the molecule is NC1OC2(CN3CCC2CC3)CN1c1cnc(C(F)(F)F)cn1. The monoisotopic (exact) mass is 329 g/mol. The first-order valence-electron chi connectivity index (χ1n) is 7.69. The molecule has 4 fully saturated rings. The molecule has 4 aliphatic rings. The van der Waals surface area contributed by atoms with Crippen LogP contribution in [0.5, 0.6) is 0 Å². The normalized spacial score (nSPS) is 36.9. The maximum Gasteiger partial charge on any atom is 0.434 e. The Labute approximate surface area is 131 Å². The molecule has 5 heterocycles. The lowest BCUT2D eigenvalue weighted by atomic mass is 9.75. The number of ether oxygens (including phenoxy) is 1. The van der Waals surface area contributed by atoms with Crippen molar-refractivity contribution in [1.29, 1.82) is 0 Å². The van der Waals surface area contributed by atoms with Gasteiger partial charge in [0.2, 0.25) is 0 Å². The van der Waals surface area contributed by atoms with Crippen LogP contribution in [0.1, 0.15) is 18.5 Å². The smallest absolute Gasteiger partial charge is 0.335 e. The molecule has 5 rings (SSSR count). The summed E-state index contributed by atoms with van der Waals surface area (Å²) in [6.07, 6.45) is -1.21. The van der Waals surface area contributed by atoms with Crippen molar-refractivity contribution in [2.75, 3.05) is 31.1 Å². The van der Waals surface area contributed by atoms with E-state index in [1.54, 1.807) is 4.90 Å². The Kier molecular flexibility index (Phi) is 3.30. The molecule has 126 valence electrons. The molecule has 2 unspecified atom stereocenters. The molecule has 2 atom stereocenters. The van der Waals surface area contributed by atoms with E-state index >= 15 is 0 Å². The van der Waals surface area contributed by atoms with Crippen LogP contribution in [0, 0.1) is 5.92 Å². The second kappa shape index (κ2) is 5.02. The van der Waals surface area contributed by atoms with Crippen molar-refractivity contribution in [1.82, 2.24) is 14.9 Å². The zero-order chi connectivity index (χ0) is 16.2. The molecular formula is C14H18F3N5O. The fourth-order valence-corrected chi connectivity index (χ4v) is 3.98. The molecule has 2 bridgehead atoms. The van der Waals surface area contributed by atoms with E-state index in [1.165, 1.54) is 0 Å². The Morgan fingerprint density at radius 1 is 1.17 bits per heavy atom. The number of piperidine rings is 3. The minimum absolute atomic E-state index is 0.318. The van der Waals surface area contributed by atoms with Crippen molar-refractivity contribution >= 4 is 5.82 Å². The van der Waals surface area contributed by atoms with Gasteiger partial charge in [-0.1, -0.05) is 0 Å². The molecule has 4 saturated heterocycles. The lowest BCUT2D eigenvalue weighted by Gasteiger charge is -2.50. The molecule has 1 spiro atoms. The number of fused-ring (bicyclic) bond motifs is 2. The summed E-state index contributed by atoms with van der Waals surface area (Å²) in [5.41, 5.74) is 4.71. The predicted molar refractivity (Wildman–Crippen MR) is 75.3 cm³/mol. The van der Waals surface area contributed by atoms with Crippen LogP contribution >= 0.6 is 0 Å². The molecule has 2 N–H and O–H groups in total. The minimum atomic E-state index is -4.49. The van der Waals surface area contributed by atoms with Gasteiger partial charge in [-0.05, 0) is 31.8 Å². The maximum absolute atomic E-state index is 12.6. The van der Waals surface area contributed by atoms with Gasteiger partial charge >= 0.3 is 6.18 Å². The summed E-state index contributed by atoms with van der Waals surface area (Å²) in [7, 11) is 0. The van der Waals surface area contributed by atoms with E-state index in [9.17, 15) is 13.2 Å². The topological polar surface area (TPSA) is 67.5 Å². The van der Waals surface area contributed by atoms with Crippen LogP contribution in [0.25, 0.3) is 0 Å². The minimum Gasteiger partial charge on any atom is -0.335 e. The summed E-state index contributed by atoms with van der Waals surface area (Å²) >= 11 is 0. The van der Waals surface area contributed by atoms with Crippen molar-refractivity contribution in [3.8, 4) is 0 Å². The first kappa shape index (κ1) is 15.1. The molecule has 4 aliphatic heterocycles. The third-order valence-electron chi connectivity index (χ3n) is 5.15. The van der Waals surface area contributed by atoms with Crippen molar-refractivity contribution < 1.29 is 17.9 Å². The van der Waals surface area contributed by atoms with E-state index in [4.69, 9.17) is 10.5 Å². The molecule has 0 saturated carbocycles. The van der Waals surface area contributed by atoms with Crippen LogP contribution in [0.4, 0.5) is 19.0 Å². The molecule has 6 nitrogen and oxygen atoms in total. The average molecular weight is 329 g/mol. The summed E-state index contributed by atoms with van der Waals surface area (Å²) in [4.78, 5) is 11.4. The number of alkyl halides is 3. The van der Waals surface area contributed by atoms with Gasteiger partial charge in [-0.3, -0.25) is 5.73 Å². The lowest BCUT2D eigenvalue weighted by molar-refractivity contribution is -0.141. The first-order valence-corrected chi connectivity index (χ1v) is 7.69. The van der Waals surface area contributed by atoms with Crippen molar-refractivity contribution in [2.45, 2.75) is 31.0 Å². The molecule has 1 aromatic rings. The Hall–Kier alpha value is -1.45. The van der Waals surface area contributed by atoms with E-state index in [0.29, 0.717) is 18.3 Å². The quantitative estimate of drug-likeness (QED) is 0.830. The number of hydrogen-bond acceptors (Lipinski definition) is 6. The number of rotatable bonds is 1. The molecule has 0 amide bonds. The van der Waals surface area contributed by atoms with Gasteiger partial charge in [0.25, 0.3) is 0 Å². The maximum atomic E-state index is 12.6. The van der Waals surface area contributed by atoms with Gasteiger partial charge in [0, 0.05) is 6.54 Å². The average Bonchev–Trinajstić information content (AvgIpc) is 2.84. The van der Waals surface area contributed by atoms with E-state index in [0.717, 1.165) is 44.9 Å². The number of nitrogens with two attached hydrogens (primary N) is 1. The van der Waals surface area contributed by atoms with Crippen LogP contribution in [-0.4, -0.2) is 53.0 Å². The molecule has 23 heavy (non-hydrogen) atoms. The third-order valence-corrected chi connectivity index (χ3v) is 5.15. The zero-order valence-corrected chi connectivity index (χ0v) is 12.5. The standard InChI is InChI=1S/C14H18F3N5O/c15-14(16,17)10-5-20-11(6-19-10)22-8-13(23-12(22)18)7-21-3-1-9(13)2-4-21/h5-6,9,12H,1-4,7-8,18H2. The number of halogens is 3. The Bertz CT molecular complexity index is 587. The van der Waals surface area contributed by atoms with Crippen LogP contribution in [0.3, 0.4) is 0 Å². The van der Waals surface area contributed by atoms with Crippen LogP contribution in [0.15, 0.2) is 12.4 Å². The van der Waals surface area contributed by atoms with Crippen molar-refractivity contribution in [3.63, 3.8) is 0 Å². The third kappa shape index (κ3) is 2.47. The van der Waals surface area contributed by atoms with E-state index in [1.807, 2.05) is 0 Å². The van der Waals surface area contributed by atoms with Gasteiger partial charge in [0.15, 0.2) is 12.0 Å². The van der Waals surface area contributed by atoms with Crippen LogP contribution in [0.2, 0.25) is 0 Å². The van der Waals surface area contributed by atoms with Gasteiger partial charge in [-0.15, -0.1) is 0 Å². The Morgan fingerprint density at radius 2 is 1.91 bits per heavy atom. The molecule has 1 aromatic heterocycles. The largest absolute Gasteiger partial charge is 0.434 e. The lowest BCUT2D eigenvalue weighted by Crippen LogP contribution is -2.61. The van der Waals surface area contributed by atoms with E-state index < -0.39 is 18.2 Å². The first-order chi connectivity index (χ1) is 10.9. The molecule has 0 radical (unpaired) electrons. The highest BCUT2D eigenvalue weighted by atomic mass is 19.4. The van der Waals surface area contributed by atoms with Crippen LogP contribution < -0.4 is 10.6 Å². The highest BCUT2D eigenvalue weighted by Gasteiger charge is 2.54. The Balaban J connectivity index is 1.56. The fourth-order valence-electron chi connectivity index (χ4n) is 3.98. The number of hydrogen-bond donors (Lipinski definition) is 1. The number of aromatic nitrogens is 2. The highest BCUT2D eigenvalue weighted by Crippen LogP contribution is 2.43. The van der Waals surface area contributed by atoms with Gasteiger partial charge in [-0.2, -0.15) is 13.2 Å². The van der Waals surface area contributed by atoms with Gasteiger partial charge in [-0.25, -0.2) is 9.97 Å². The molecular weight excluding hydrogens is 311 g/mol. The predicted octanol–water partition coefficient (Wildman–Crippen LogP) is 1.04. The summed E-state index contributed by atoms with van der Waals surface area (Å²) in [6, 6.07) is 0. The Morgan fingerprint density at radius 3 is 2.43 bits per heavy atom. The number of anilines is 1. The molecule has 0 aromatic carbocycles. The van der Waals surface area contributed by atoms with Crippen molar-refractivity contribution in [3.05, 3.63) is 18.1 Å². The molecule has 9 heteroatoms. The fraction of sp³-hybridized carbons (Fsp3) is 0.714. The summed E-state index contributed by atoms with van der Waals surface area (Å²) in [6.45, 7) is 3.50. The molecule has 0 aliphatic carbocycles. The van der Waals surface area contributed by atoms with E-state index in [-0.39, 0.29) is 5.60 Å². The van der Waals surface area contributed by atoms with Crippen molar-refractivity contribution in [2.24, 2.45) is 11.7 Å². The zero-order valence-electron chi connectivity index (χ0n) is 12.5. The second-order valence-corrected chi connectivity index (χ2v) is 6.51.